The van der Waals surface area contributed by atoms with Gasteiger partial charge in [-0.25, -0.2) is 0 Å². The number of carbonyl (C=O) groups excluding carboxylic acids is 2. The van der Waals surface area contributed by atoms with Crippen LogP contribution in [-0.2, 0) is 15.0 Å². The van der Waals surface area contributed by atoms with Gasteiger partial charge in [0, 0.05) is 37.1 Å². The first-order chi connectivity index (χ1) is 12.9. The van der Waals surface area contributed by atoms with Crippen molar-refractivity contribution in [1.29, 1.82) is 0 Å². The molecule has 1 spiro atoms. The number of rotatable bonds is 3. The predicted molar refractivity (Wildman–Crippen MR) is 107 cm³/mol. The Morgan fingerprint density at radius 3 is 2.56 bits per heavy atom. The molecule has 0 bridgehead atoms. The number of nitrogens with zero attached hydrogens (tertiary/aromatic N) is 3. The number of carbonyl (C=O) groups is 2. The highest BCUT2D eigenvalue weighted by molar-refractivity contribution is 6.12. The lowest BCUT2D eigenvalue weighted by Crippen LogP contribution is -2.65. The molecule has 27 heavy (non-hydrogen) atoms. The second kappa shape index (κ2) is 6.63. The second-order valence-electron chi connectivity index (χ2n) is 8.15. The standard InChI is InChI=1S/C22H27N3O2/c1-15-8-4-6-10-19(15)23-16(2)12-25-20-11-7-5-9-18(20)22(21(25)27)13-24(14-22)17(3)26/h5,7,9,11H,4,6,8,10,12-14H2,1-3H3. The smallest absolute Gasteiger partial charge is 0.241 e. The maximum Gasteiger partial charge on any atom is 0.241 e. The van der Waals surface area contributed by atoms with Gasteiger partial charge in [-0.15, -0.1) is 0 Å². The van der Waals surface area contributed by atoms with Gasteiger partial charge in [0.05, 0.1) is 6.54 Å². The first kappa shape index (κ1) is 18.0. The molecule has 2 amide bonds. The maximum atomic E-state index is 13.3. The molecule has 0 saturated carbocycles. The maximum absolute atomic E-state index is 13.3. The molecule has 142 valence electrons. The lowest BCUT2D eigenvalue weighted by molar-refractivity contribution is -0.142. The summed E-state index contributed by atoms with van der Waals surface area (Å²) < 4.78 is 0. The zero-order valence-electron chi connectivity index (χ0n) is 16.4. The fourth-order valence-corrected chi connectivity index (χ4v) is 4.57. The molecule has 1 aromatic rings. The van der Waals surface area contributed by atoms with E-state index in [0.717, 1.165) is 29.8 Å². The summed E-state index contributed by atoms with van der Waals surface area (Å²) in [6.07, 6.45) is 4.60. The van der Waals surface area contributed by atoms with Crippen LogP contribution >= 0.6 is 0 Å². The predicted octanol–water partition coefficient (Wildman–Crippen LogP) is 3.44. The van der Waals surface area contributed by atoms with Crippen molar-refractivity contribution in [1.82, 2.24) is 4.90 Å². The van der Waals surface area contributed by atoms with E-state index in [-0.39, 0.29) is 11.8 Å². The average Bonchev–Trinajstić information content (AvgIpc) is 2.84. The molecule has 2 aliphatic heterocycles. The van der Waals surface area contributed by atoms with Gasteiger partial charge in [-0.05, 0) is 51.2 Å². The Bertz CT molecular complexity index is 862. The Morgan fingerprint density at radius 2 is 1.85 bits per heavy atom. The summed E-state index contributed by atoms with van der Waals surface area (Å²) >= 11 is 0. The quantitative estimate of drug-likeness (QED) is 0.771. The van der Waals surface area contributed by atoms with E-state index < -0.39 is 5.41 Å². The van der Waals surface area contributed by atoms with E-state index in [9.17, 15) is 9.59 Å². The molecule has 0 aromatic heterocycles. The summed E-state index contributed by atoms with van der Waals surface area (Å²) in [6.45, 7) is 7.21. The minimum absolute atomic E-state index is 0.0295. The molecule has 0 unspecified atom stereocenters. The topological polar surface area (TPSA) is 53.0 Å². The summed E-state index contributed by atoms with van der Waals surface area (Å²) in [5.74, 6) is 0.131. The minimum Gasteiger partial charge on any atom is -0.340 e. The molecule has 0 atom stereocenters. The lowest BCUT2D eigenvalue weighted by atomic mass is 9.74. The number of likely N-dealkylation sites (tertiary alicyclic amines) is 1. The van der Waals surface area contributed by atoms with Crippen LogP contribution in [0.15, 0.2) is 40.5 Å². The van der Waals surface area contributed by atoms with Crippen molar-refractivity contribution in [3.63, 3.8) is 0 Å². The number of anilines is 1. The van der Waals surface area contributed by atoms with Gasteiger partial charge in [0.2, 0.25) is 11.8 Å². The van der Waals surface area contributed by atoms with Crippen LogP contribution in [0.5, 0.6) is 0 Å². The van der Waals surface area contributed by atoms with E-state index in [4.69, 9.17) is 4.99 Å². The SMILES string of the molecule is CC(=O)N1CC2(C1)C(=O)N(CC(C)=NC1=C(C)CCCC1)c1ccccc12. The molecule has 5 heteroatoms. The Kier molecular flexibility index (Phi) is 4.41. The van der Waals surface area contributed by atoms with Crippen molar-refractivity contribution >= 4 is 23.2 Å². The van der Waals surface area contributed by atoms with Crippen molar-refractivity contribution in [2.24, 2.45) is 4.99 Å². The third kappa shape index (κ3) is 2.89. The molecule has 3 aliphatic rings. The summed E-state index contributed by atoms with van der Waals surface area (Å²) in [4.78, 5) is 33.5. The zero-order valence-corrected chi connectivity index (χ0v) is 16.4. The van der Waals surface area contributed by atoms with Crippen LogP contribution in [0, 0.1) is 0 Å². The number of hydrogen-bond acceptors (Lipinski definition) is 3. The molecule has 2 heterocycles. The van der Waals surface area contributed by atoms with Gasteiger partial charge in [-0.1, -0.05) is 23.8 Å². The van der Waals surface area contributed by atoms with Gasteiger partial charge in [0.1, 0.15) is 5.41 Å². The average molecular weight is 365 g/mol. The third-order valence-electron chi connectivity index (χ3n) is 6.15. The van der Waals surface area contributed by atoms with Crippen LogP contribution in [0.4, 0.5) is 5.69 Å². The molecule has 4 rings (SSSR count). The molecule has 1 aromatic carbocycles. The number of para-hydroxylation sites is 1. The number of allylic oxidation sites excluding steroid dienone is 2. The Hall–Kier alpha value is -2.43. The number of amides is 2. The Balaban J connectivity index is 1.61. The number of hydrogen-bond donors (Lipinski definition) is 0. The molecular formula is C22H27N3O2. The summed E-state index contributed by atoms with van der Waals surface area (Å²) in [7, 11) is 0. The normalized spacial score (nSPS) is 21.6. The van der Waals surface area contributed by atoms with Crippen molar-refractivity contribution in [3.05, 3.63) is 41.1 Å². The van der Waals surface area contributed by atoms with Crippen LogP contribution < -0.4 is 4.90 Å². The van der Waals surface area contributed by atoms with Gasteiger partial charge in [0.15, 0.2) is 0 Å². The van der Waals surface area contributed by atoms with Crippen LogP contribution in [-0.4, -0.2) is 42.1 Å². The van der Waals surface area contributed by atoms with Crippen LogP contribution in [0.3, 0.4) is 0 Å². The van der Waals surface area contributed by atoms with Crippen molar-refractivity contribution < 1.29 is 9.59 Å². The van der Waals surface area contributed by atoms with Gasteiger partial charge < -0.3 is 9.80 Å². The van der Waals surface area contributed by atoms with E-state index in [1.807, 2.05) is 36.1 Å². The minimum atomic E-state index is -0.567. The van der Waals surface area contributed by atoms with Crippen molar-refractivity contribution in [3.8, 4) is 0 Å². The zero-order chi connectivity index (χ0) is 19.2. The second-order valence-corrected chi connectivity index (χ2v) is 8.15. The number of aliphatic imine (C=N–C) groups is 1. The number of benzene rings is 1. The summed E-state index contributed by atoms with van der Waals surface area (Å²) in [5.41, 5.74) is 4.99. The Labute approximate surface area is 160 Å². The molecular weight excluding hydrogens is 338 g/mol. The van der Waals surface area contributed by atoms with E-state index in [1.54, 1.807) is 11.8 Å². The largest absolute Gasteiger partial charge is 0.340 e. The molecule has 1 saturated heterocycles. The molecule has 1 fully saturated rings. The lowest BCUT2D eigenvalue weighted by Gasteiger charge is -2.46. The highest BCUT2D eigenvalue weighted by Gasteiger charge is 2.58. The summed E-state index contributed by atoms with van der Waals surface area (Å²) in [6, 6.07) is 7.99. The van der Waals surface area contributed by atoms with Crippen LogP contribution in [0.2, 0.25) is 0 Å². The highest BCUT2D eigenvalue weighted by Crippen LogP contribution is 2.47. The van der Waals surface area contributed by atoms with E-state index in [1.165, 1.54) is 24.1 Å². The molecule has 0 N–H and O–H groups in total. The van der Waals surface area contributed by atoms with Gasteiger partial charge in [0.25, 0.3) is 0 Å². The van der Waals surface area contributed by atoms with Gasteiger partial charge in [-0.2, -0.15) is 0 Å². The van der Waals surface area contributed by atoms with Gasteiger partial charge in [-0.3, -0.25) is 14.6 Å². The fourth-order valence-electron chi connectivity index (χ4n) is 4.57. The molecule has 5 nitrogen and oxygen atoms in total. The van der Waals surface area contributed by atoms with Crippen molar-refractivity contribution in [2.75, 3.05) is 24.5 Å². The van der Waals surface area contributed by atoms with E-state index >= 15 is 0 Å². The third-order valence-corrected chi connectivity index (χ3v) is 6.15. The number of fused-ring (bicyclic) bond motifs is 2. The summed E-state index contributed by atoms with van der Waals surface area (Å²) in [5, 5.41) is 0. The van der Waals surface area contributed by atoms with Gasteiger partial charge >= 0.3 is 0 Å². The van der Waals surface area contributed by atoms with E-state index in [2.05, 4.69) is 6.92 Å². The molecule has 0 radical (unpaired) electrons. The van der Waals surface area contributed by atoms with Crippen LogP contribution in [0.1, 0.15) is 52.0 Å². The highest BCUT2D eigenvalue weighted by atomic mass is 16.2. The molecule has 1 aliphatic carbocycles. The van der Waals surface area contributed by atoms with Crippen molar-refractivity contribution in [2.45, 2.75) is 51.9 Å². The fraction of sp³-hybridized carbons (Fsp3) is 0.500. The first-order valence-electron chi connectivity index (χ1n) is 9.82. The first-order valence-corrected chi connectivity index (χ1v) is 9.82. The van der Waals surface area contributed by atoms with E-state index in [0.29, 0.717) is 19.6 Å². The Morgan fingerprint density at radius 1 is 1.15 bits per heavy atom. The van der Waals surface area contributed by atoms with Crippen LogP contribution in [0.25, 0.3) is 0 Å². The monoisotopic (exact) mass is 365 g/mol.